The van der Waals surface area contributed by atoms with Gasteiger partial charge in [0, 0.05) is 11.4 Å². The van der Waals surface area contributed by atoms with Gasteiger partial charge in [-0.15, -0.1) is 12.4 Å². The largest absolute Gasteiger partial charge is 0.491 e. The van der Waals surface area contributed by atoms with Crippen LogP contribution in [-0.4, -0.2) is 17.0 Å². The second kappa shape index (κ2) is 8.24. The van der Waals surface area contributed by atoms with Crippen molar-refractivity contribution in [2.24, 2.45) is 0 Å². The molecule has 1 aromatic carbocycles. The smallest absolute Gasteiger partial charge is 0.230 e. The Bertz CT molecular complexity index is 598. The Morgan fingerprint density at radius 1 is 1.23 bits per heavy atom. The summed E-state index contributed by atoms with van der Waals surface area (Å²) in [5, 5.41) is 2.82. The van der Waals surface area contributed by atoms with Gasteiger partial charge in [-0.2, -0.15) is 0 Å². The maximum atomic E-state index is 11.9. The van der Waals surface area contributed by atoms with Crippen LogP contribution in [0.2, 0.25) is 0 Å². The summed E-state index contributed by atoms with van der Waals surface area (Å²) in [6.45, 7) is 3.94. The van der Waals surface area contributed by atoms with Gasteiger partial charge >= 0.3 is 0 Å². The zero-order chi connectivity index (χ0) is 15.2. The molecule has 0 fully saturated rings. The predicted molar refractivity (Wildman–Crippen MR) is 90.4 cm³/mol. The van der Waals surface area contributed by atoms with Crippen molar-refractivity contribution in [1.29, 1.82) is 0 Å². The van der Waals surface area contributed by atoms with Gasteiger partial charge in [0.15, 0.2) is 0 Å². The number of carbonyl (C=O) groups excluding carboxylic acids is 1. The SMILES string of the molecule is CC(C)Oc1ccc(NC(=O)Cc2ccc(N)cn2)cc1.Cl. The predicted octanol–water partition coefficient (Wildman–Crippen LogP) is 3.05. The number of nitrogens with two attached hydrogens (primary N) is 1. The number of amides is 1. The zero-order valence-corrected chi connectivity index (χ0v) is 13.4. The summed E-state index contributed by atoms with van der Waals surface area (Å²) in [6.07, 6.45) is 1.88. The van der Waals surface area contributed by atoms with Crippen LogP contribution in [0.25, 0.3) is 0 Å². The molecule has 0 spiro atoms. The van der Waals surface area contributed by atoms with Crippen molar-refractivity contribution >= 4 is 29.7 Å². The number of nitrogen functional groups attached to an aromatic ring is 1. The van der Waals surface area contributed by atoms with E-state index in [1.807, 2.05) is 38.1 Å². The van der Waals surface area contributed by atoms with E-state index in [0.717, 1.165) is 11.4 Å². The topological polar surface area (TPSA) is 77.2 Å². The number of benzene rings is 1. The minimum absolute atomic E-state index is 0. The number of anilines is 2. The Hall–Kier alpha value is -2.27. The summed E-state index contributed by atoms with van der Waals surface area (Å²) in [5.74, 6) is 0.660. The maximum Gasteiger partial charge on any atom is 0.230 e. The van der Waals surface area contributed by atoms with Crippen LogP contribution in [0.15, 0.2) is 42.6 Å². The normalized spacial score (nSPS) is 9.95. The molecule has 0 bridgehead atoms. The summed E-state index contributed by atoms with van der Waals surface area (Å²) >= 11 is 0. The van der Waals surface area contributed by atoms with E-state index in [4.69, 9.17) is 10.5 Å². The Morgan fingerprint density at radius 2 is 1.91 bits per heavy atom. The van der Waals surface area contributed by atoms with Crippen molar-refractivity contribution in [3.8, 4) is 5.75 Å². The van der Waals surface area contributed by atoms with Crippen LogP contribution in [0.3, 0.4) is 0 Å². The lowest BCUT2D eigenvalue weighted by Crippen LogP contribution is -2.15. The van der Waals surface area contributed by atoms with Crippen molar-refractivity contribution in [2.45, 2.75) is 26.4 Å². The van der Waals surface area contributed by atoms with Gasteiger partial charge in [-0.3, -0.25) is 9.78 Å². The van der Waals surface area contributed by atoms with Crippen LogP contribution in [0.4, 0.5) is 11.4 Å². The van der Waals surface area contributed by atoms with E-state index in [2.05, 4.69) is 10.3 Å². The van der Waals surface area contributed by atoms with Gasteiger partial charge in [-0.1, -0.05) is 0 Å². The minimum atomic E-state index is -0.121. The number of hydrogen-bond donors (Lipinski definition) is 2. The molecule has 0 aliphatic carbocycles. The van der Waals surface area contributed by atoms with Crippen LogP contribution in [0, 0.1) is 0 Å². The molecule has 2 rings (SSSR count). The van der Waals surface area contributed by atoms with E-state index >= 15 is 0 Å². The third-order valence-corrected chi connectivity index (χ3v) is 2.70. The van der Waals surface area contributed by atoms with Gasteiger partial charge in [0.2, 0.25) is 5.91 Å². The number of pyridine rings is 1. The zero-order valence-electron chi connectivity index (χ0n) is 12.6. The second-order valence-electron chi connectivity index (χ2n) is 5.00. The number of nitrogens with one attached hydrogen (secondary N) is 1. The Balaban J connectivity index is 0.00000242. The molecule has 0 aliphatic rings. The minimum Gasteiger partial charge on any atom is -0.491 e. The van der Waals surface area contributed by atoms with Crippen molar-refractivity contribution < 1.29 is 9.53 Å². The van der Waals surface area contributed by atoms with Crippen LogP contribution >= 0.6 is 12.4 Å². The summed E-state index contributed by atoms with van der Waals surface area (Å²) in [7, 11) is 0. The average Bonchev–Trinajstić information content (AvgIpc) is 2.43. The molecule has 22 heavy (non-hydrogen) atoms. The molecule has 0 saturated carbocycles. The lowest BCUT2D eigenvalue weighted by molar-refractivity contribution is -0.115. The highest BCUT2D eigenvalue weighted by molar-refractivity contribution is 5.92. The number of ether oxygens (including phenoxy) is 1. The number of carbonyl (C=O) groups is 1. The molecule has 0 aliphatic heterocycles. The third kappa shape index (κ3) is 5.61. The average molecular weight is 322 g/mol. The first-order valence-electron chi connectivity index (χ1n) is 6.80. The fourth-order valence-electron chi connectivity index (χ4n) is 1.80. The number of nitrogens with zero attached hydrogens (tertiary/aromatic N) is 1. The summed E-state index contributed by atoms with van der Waals surface area (Å²) in [5.41, 5.74) is 7.55. The number of rotatable bonds is 5. The van der Waals surface area contributed by atoms with E-state index in [9.17, 15) is 4.79 Å². The molecule has 0 saturated heterocycles. The molecule has 1 heterocycles. The first-order valence-corrected chi connectivity index (χ1v) is 6.80. The maximum absolute atomic E-state index is 11.9. The summed E-state index contributed by atoms with van der Waals surface area (Å²) in [6, 6.07) is 10.8. The number of aromatic nitrogens is 1. The van der Waals surface area contributed by atoms with Gasteiger partial charge in [0.25, 0.3) is 0 Å². The number of hydrogen-bond acceptors (Lipinski definition) is 4. The van der Waals surface area contributed by atoms with E-state index in [-0.39, 0.29) is 30.8 Å². The molecular formula is C16H20ClN3O2. The summed E-state index contributed by atoms with van der Waals surface area (Å²) in [4.78, 5) is 16.0. The molecule has 0 unspecified atom stereocenters. The van der Waals surface area contributed by atoms with E-state index in [1.54, 1.807) is 18.3 Å². The molecule has 0 atom stereocenters. The summed E-state index contributed by atoms with van der Waals surface area (Å²) < 4.78 is 5.55. The van der Waals surface area contributed by atoms with Crippen LogP contribution < -0.4 is 15.8 Å². The number of halogens is 1. The fourth-order valence-corrected chi connectivity index (χ4v) is 1.80. The first kappa shape index (κ1) is 17.8. The lowest BCUT2D eigenvalue weighted by Gasteiger charge is -2.10. The second-order valence-corrected chi connectivity index (χ2v) is 5.00. The molecule has 5 nitrogen and oxygen atoms in total. The molecule has 2 aromatic rings. The first-order chi connectivity index (χ1) is 10.0. The van der Waals surface area contributed by atoms with E-state index in [0.29, 0.717) is 11.4 Å². The van der Waals surface area contributed by atoms with Crippen molar-refractivity contribution in [3.63, 3.8) is 0 Å². The standard InChI is InChI=1S/C16H19N3O2.ClH/c1-11(2)21-15-7-5-13(6-8-15)19-16(20)9-14-4-3-12(17)10-18-14;/h3-8,10-11H,9,17H2,1-2H3,(H,19,20);1H. The molecule has 3 N–H and O–H groups in total. The molecule has 0 radical (unpaired) electrons. The highest BCUT2D eigenvalue weighted by atomic mass is 35.5. The Labute approximate surface area is 136 Å². The molecule has 118 valence electrons. The molecule has 1 aromatic heterocycles. The van der Waals surface area contributed by atoms with Gasteiger partial charge in [0.1, 0.15) is 5.75 Å². The third-order valence-electron chi connectivity index (χ3n) is 2.70. The van der Waals surface area contributed by atoms with Crippen molar-refractivity contribution in [1.82, 2.24) is 4.98 Å². The fraction of sp³-hybridized carbons (Fsp3) is 0.250. The van der Waals surface area contributed by atoms with E-state index < -0.39 is 0 Å². The molecule has 1 amide bonds. The highest BCUT2D eigenvalue weighted by Gasteiger charge is 2.05. The Morgan fingerprint density at radius 3 is 2.45 bits per heavy atom. The molecule has 6 heteroatoms. The van der Waals surface area contributed by atoms with Gasteiger partial charge < -0.3 is 15.8 Å². The Kier molecular flexibility index (Phi) is 6.66. The van der Waals surface area contributed by atoms with Gasteiger partial charge in [-0.05, 0) is 50.2 Å². The van der Waals surface area contributed by atoms with Crippen LogP contribution in [0.1, 0.15) is 19.5 Å². The van der Waals surface area contributed by atoms with Crippen LogP contribution in [0.5, 0.6) is 5.75 Å². The van der Waals surface area contributed by atoms with Crippen LogP contribution in [-0.2, 0) is 11.2 Å². The van der Waals surface area contributed by atoms with E-state index in [1.165, 1.54) is 0 Å². The monoisotopic (exact) mass is 321 g/mol. The van der Waals surface area contributed by atoms with Gasteiger partial charge in [-0.25, -0.2) is 0 Å². The lowest BCUT2D eigenvalue weighted by atomic mass is 10.2. The van der Waals surface area contributed by atoms with Gasteiger partial charge in [0.05, 0.1) is 24.4 Å². The quantitative estimate of drug-likeness (QED) is 0.887. The van der Waals surface area contributed by atoms with Crippen molar-refractivity contribution in [3.05, 3.63) is 48.3 Å². The highest BCUT2D eigenvalue weighted by Crippen LogP contribution is 2.17. The molecular weight excluding hydrogens is 302 g/mol. The van der Waals surface area contributed by atoms with Crippen molar-refractivity contribution in [2.75, 3.05) is 11.1 Å².